The predicted octanol–water partition coefficient (Wildman–Crippen LogP) is 2.44. The number of ether oxygens (including phenoxy) is 1. The fourth-order valence-corrected chi connectivity index (χ4v) is 2.92. The Morgan fingerprint density at radius 3 is 2.56 bits per heavy atom. The van der Waals surface area contributed by atoms with Crippen molar-refractivity contribution in [2.75, 3.05) is 19.6 Å². The second kappa shape index (κ2) is 7.62. The summed E-state index contributed by atoms with van der Waals surface area (Å²) in [6.45, 7) is 3.00. The first kappa shape index (κ1) is 13.7. The van der Waals surface area contributed by atoms with Crippen molar-refractivity contribution in [1.29, 1.82) is 0 Å². The SMILES string of the molecule is O=C(NCCC1CCNCC1)OC1CCCCC1. The van der Waals surface area contributed by atoms with Crippen LogP contribution >= 0.6 is 0 Å². The Morgan fingerprint density at radius 1 is 1.11 bits per heavy atom. The van der Waals surface area contributed by atoms with Crippen LogP contribution in [-0.4, -0.2) is 31.8 Å². The summed E-state index contributed by atoms with van der Waals surface area (Å²) in [5, 5.41) is 6.25. The van der Waals surface area contributed by atoms with Crippen molar-refractivity contribution in [2.45, 2.75) is 57.5 Å². The molecule has 1 aliphatic heterocycles. The third-order valence-electron chi connectivity index (χ3n) is 4.11. The van der Waals surface area contributed by atoms with E-state index in [9.17, 15) is 4.79 Å². The fourth-order valence-electron chi connectivity index (χ4n) is 2.92. The molecule has 4 nitrogen and oxygen atoms in total. The van der Waals surface area contributed by atoms with Crippen LogP contribution in [0.2, 0.25) is 0 Å². The lowest BCUT2D eigenvalue weighted by Gasteiger charge is -2.24. The van der Waals surface area contributed by atoms with Crippen molar-refractivity contribution >= 4 is 6.09 Å². The lowest BCUT2D eigenvalue weighted by molar-refractivity contribution is 0.0750. The topological polar surface area (TPSA) is 50.4 Å². The van der Waals surface area contributed by atoms with E-state index in [0.29, 0.717) is 0 Å². The molecular formula is C14H26N2O2. The van der Waals surface area contributed by atoms with Crippen LogP contribution in [-0.2, 0) is 4.74 Å². The number of carbonyl (C=O) groups is 1. The van der Waals surface area contributed by atoms with Gasteiger partial charge < -0.3 is 15.4 Å². The number of nitrogens with one attached hydrogen (secondary N) is 2. The molecule has 18 heavy (non-hydrogen) atoms. The molecule has 0 spiro atoms. The van der Waals surface area contributed by atoms with Crippen LogP contribution < -0.4 is 10.6 Å². The molecule has 2 rings (SSSR count). The van der Waals surface area contributed by atoms with E-state index in [1.807, 2.05) is 0 Å². The molecule has 1 saturated heterocycles. The second-order valence-corrected chi connectivity index (χ2v) is 5.57. The largest absolute Gasteiger partial charge is 0.446 e. The number of hydrogen-bond acceptors (Lipinski definition) is 3. The molecule has 4 heteroatoms. The average Bonchev–Trinajstić information content (AvgIpc) is 2.41. The molecule has 1 amide bonds. The molecule has 2 fully saturated rings. The van der Waals surface area contributed by atoms with Crippen LogP contribution in [0.1, 0.15) is 51.4 Å². The van der Waals surface area contributed by atoms with E-state index in [1.165, 1.54) is 32.1 Å². The van der Waals surface area contributed by atoms with E-state index in [1.54, 1.807) is 0 Å². The summed E-state index contributed by atoms with van der Waals surface area (Å²) in [5.41, 5.74) is 0. The van der Waals surface area contributed by atoms with Crippen molar-refractivity contribution in [2.24, 2.45) is 5.92 Å². The third kappa shape index (κ3) is 4.84. The zero-order valence-corrected chi connectivity index (χ0v) is 11.2. The second-order valence-electron chi connectivity index (χ2n) is 5.57. The van der Waals surface area contributed by atoms with Gasteiger partial charge in [0.2, 0.25) is 0 Å². The van der Waals surface area contributed by atoms with Gasteiger partial charge in [-0.15, -0.1) is 0 Å². The van der Waals surface area contributed by atoms with E-state index < -0.39 is 0 Å². The van der Waals surface area contributed by atoms with Gasteiger partial charge in [-0.3, -0.25) is 0 Å². The highest BCUT2D eigenvalue weighted by Gasteiger charge is 2.18. The Balaban J connectivity index is 1.53. The van der Waals surface area contributed by atoms with Gasteiger partial charge in [0, 0.05) is 6.54 Å². The smallest absolute Gasteiger partial charge is 0.407 e. The van der Waals surface area contributed by atoms with E-state index in [0.717, 1.165) is 44.8 Å². The van der Waals surface area contributed by atoms with Gasteiger partial charge in [0.05, 0.1) is 0 Å². The van der Waals surface area contributed by atoms with Crippen LogP contribution in [0.15, 0.2) is 0 Å². The molecule has 1 heterocycles. The van der Waals surface area contributed by atoms with Crippen molar-refractivity contribution < 1.29 is 9.53 Å². The number of rotatable bonds is 4. The van der Waals surface area contributed by atoms with E-state index >= 15 is 0 Å². The maximum atomic E-state index is 11.6. The summed E-state index contributed by atoms with van der Waals surface area (Å²) in [6, 6.07) is 0. The van der Waals surface area contributed by atoms with Crippen molar-refractivity contribution in [3.8, 4) is 0 Å². The quantitative estimate of drug-likeness (QED) is 0.810. The summed E-state index contributed by atoms with van der Waals surface area (Å²) >= 11 is 0. The van der Waals surface area contributed by atoms with Crippen LogP contribution in [0.3, 0.4) is 0 Å². The summed E-state index contributed by atoms with van der Waals surface area (Å²) in [7, 11) is 0. The van der Waals surface area contributed by atoms with E-state index in [-0.39, 0.29) is 12.2 Å². The van der Waals surface area contributed by atoms with Crippen LogP contribution in [0.25, 0.3) is 0 Å². The summed E-state index contributed by atoms with van der Waals surface area (Å²) < 4.78 is 5.42. The highest BCUT2D eigenvalue weighted by Crippen LogP contribution is 2.20. The van der Waals surface area contributed by atoms with Crippen molar-refractivity contribution in [1.82, 2.24) is 10.6 Å². The first-order chi connectivity index (χ1) is 8.84. The Kier molecular flexibility index (Phi) is 5.78. The number of carbonyl (C=O) groups excluding carboxylic acids is 1. The molecule has 104 valence electrons. The third-order valence-corrected chi connectivity index (χ3v) is 4.11. The number of amides is 1. The monoisotopic (exact) mass is 254 g/mol. The first-order valence-corrected chi connectivity index (χ1v) is 7.50. The molecule has 0 unspecified atom stereocenters. The van der Waals surface area contributed by atoms with E-state index in [2.05, 4.69) is 10.6 Å². The molecule has 0 atom stereocenters. The lowest BCUT2D eigenvalue weighted by atomic mass is 9.95. The molecule has 0 bridgehead atoms. The van der Waals surface area contributed by atoms with Gasteiger partial charge in [-0.05, 0) is 64.0 Å². The minimum atomic E-state index is -0.212. The molecule has 1 saturated carbocycles. The van der Waals surface area contributed by atoms with Gasteiger partial charge in [0.15, 0.2) is 0 Å². The number of alkyl carbamates (subject to hydrolysis) is 1. The Hall–Kier alpha value is -0.770. The maximum Gasteiger partial charge on any atom is 0.407 e. The lowest BCUT2D eigenvalue weighted by Crippen LogP contribution is -2.33. The van der Waals surface area contributed by atoms with Crippen LogP contribution in [0.5, 0.6) is 0 Å². The van der Waals surface area contributed by atoms with Gasteiger partial charge in [-0.1, -0.05) is 6.42 Å². The minimum absolute atomic E-state index is 0.164. The van der Waals surface area contributed by atoms with Gasteiger partial charge >= 0.3 is 6.09 Å². The van der Waals surface area contributed by atoms with Crippen molar-refractivity contribution in [3.05, 3.63) is 0 Å². The van der Waals surface area contributed by atoms with Crippen LogP contribution in [0, 0.1) is 5.92 Å². The number of hydrogen-bond donors (Lipinski definition) is 2. The Labute approximate surface area is 110 Å². The van der Waals surface area contributed by atoms with E-state index in [4.69, 9.17) is 4.74 Å². The van der Waals surface area contributed by atoms with Crippen LogP contribution in [0.4, 0.5) is 4.79 Å². The van der Waals surface area contributed by atoms with Crippen molar-refractivity contribution in [3.63, 3.8) is 0 Å². The zero-order valence-electron chi connectivity index (χ0n) is 11.2. The maximum absolute atomic E-state index is 11.6. The molecule has 0 aromatic carbocycles. The highest BCUT2D eigenvalue weighted by molar-refractivity contribution is 5.67. The molecule has 0 radical (unpaired) electrons. The molecule has 2 aliphatic rings. The Morgan fingerprint density at radius 2 is 1.83 bits per heavy atom. The average molecular weight is 254 g/mol. The molecule has 0 aromatic rings. The molecule has 1 aliphatic carbocycles. The van der Waals surface area contributed by atoms with Gasteiger partial charge in [-0.25, -0.2) is 4.79 Å². The summed E-state index contributed by atoms with van der Waals surface area (Å²) in [4.78, 5) is 11.6. The number of piperidine rings is 1. The first-order valence-electron chi connectivity index (χ1n) is 7.50. The summed E-state index contributed by atoms with van der Waals surface area (Å²) in [6.07, 6.45) is 9.29. The van der Waals surface area contributed by atoms with Gasteiger partial charge in [0.25, 0.3) is 0 Å². The Bertz CT molecular complexity index is 246. The molecule has 2 N–H and O–H groups in total. The summed E-state index contributed by atoms with van der Waals surface area (Å²) in [5.74, 6) is 0.765. The normalized spacial score (nSPS) is 22.7. The molecular weight excluding hydrogens is 228 g/mol. The van der Waals surface area contributed by atoms with Gasteiger partial charge in [-0.2, -0.15) is 0 Å². The molecule has 0 aromatic heterocycles. The predicted molar refractivity (Wildman–Crippen MR) is 71.6 cm³/mol. The fraction of sp³-hybridized carbons (Fsp3) is 0.929. The highest BCUT2D eigenvalue weighted by atomic mass is 16.6. The standard InChI is InChI=1S/C14H26N2O2/c17-14(18-13-4-2-1-3-5-13)16-11-8-12-6-9-15-10-7-12/h12-13,15H,1-11H2,(H,16,17). The minimum Gasteiger partial charge on any atom is -0.446 e. The zero-order chi connectivity index (χ0) is 12.6. The van der Waals surface area contributed by atoms with Gasteiger partial charge in [0.1, 0.15) is 6.10 Å².